The van der Waals surface area contributed by atoms with Crippen LogP contribution in [0.4, 0.5) is 0 Å². The van der Waals surface area contributed by atoms with E-state index >= 15 is 0 Å². The van der Waals surface area contributed by atoms with Gasteiger partial charge in [-0.3, -0.25) is 0 Å². The molecule has 1 heterocycles. The fourth-order valence-electron chi connectivity index (χ4n) is 3.44. The molecule has 2 heteroatoms. The first-order valence-corrected chi connectivity index (χ1v) is 9.01. The summed E-state index contributed by atoms with van der Waals surface area (Å²) in [6.07, 6.45) is 9.82. The van der Waals surface area contributed by atoms with Gasteiger partial charge >= 0.3 is 0 Å². The Morgan fingerprint density at radius 2 is 1.85 bits per heavy atom. The normalized spacial score (nSPS) is 18.6. The number of nitrogens with one attached hydrogen (secondary N) is 1. The molecule has 0 saturated heterocycles. The zero-order valence-electron chi connectivity index (χ0n) is 13.7. The highest BCUT2D eigenvalue weighted by molar-refractivity contribution is 7.12. The van der Waals surface area contributed by atoms with Gasteiger partial charge in [0.25, 0.3) is 0 Å². The van der Waals surface area contributed by atoms with Crippen molar-refractivity contribution in [1.82, 2.24) is 5.32 Å². The third-order valence-corrected chi connectivity index (χ3v) is 6.44. The summed E-state index contributed by atoms with van der Waals surface area (Å²) in [5.74, 6) is 0. The van der Waals surface area contributed by atoms with Crippen LogP contribution in [0.2, 0.25) is 0 Å². The highest BCUT2D eigenvalue weighted by atomic mass is 32.1. The summed E-state index contributed by atoms with van der Waals surface area (Å²) in [7, 11) is 2.08. The molecule has 2 rings (SSSR count). The summed E-state index contributed by atoms with van der Waals surface area (Å²) in [6.45, 7) is 8.12. The van der Waals surface area contributed by atoms with E-state index in [-0.39, 0.29) is 0 Å². The molecule has 0 aromatic carbocycles. The lowest BCUT2D eigenvalue weighted by Crippen LogP contribution is -2.23. The first kappa shape index (κ1) is 16.0. The largest absolute Gasteiger partial charge is 0.320 e. The summed E-state index contributed by atoms with van der Waals surface area (Å²) >= 11 is 2.03. The highest BCUT2D eigenvalue weighted by Gasteiger charge is 2.32. The van der Waals surface area contributed by atoms with E-state index in [1.165, 1.54) is 56.4 Å². The average molecular weight is 294 g/mol. The van der Waals surface area contributed by atoms with Crippen LogP contribution < -0.4 is 5.32 Å². The lowest BCUT2D eigenvalue weighted by molar-refractivity contribution is 0.248. The molecule has 1 nitrogen and oxygen atoms in total. The van der Waals surface area contributed by atoms with E-state index in [0.29, 0.717) is 10.8 Å². The van der Waals surface area contributed by atoms with Crippen LogP contribution in [-0.2, 0) is 11.8 Å². The summed E-state index contributed by atoms with van der Waals surface area (Å²) in [5, 5.41) is 3.34. The Bertz CT molecular complexity index is 407. The van der Waals surface area contributed by atoms with Crippen molar-refractivity contribution in [1.29, 1.82) is 0 Å². The van der Waals surface area contributed by atoms with Gasteiger partial charge < -0.3 is 5.32 Å². The predicted molar refractivity (Wildman–Crippen MR) is 90.8 cm³/mol. The Balaban J connectivity index is 1.94. The van der Waals surface area contributed by atoms with E-state index in [2.05, 4.69) is 45.3 Å². The summed E-state index contributed by atoms with van der Waals surface area (Å²) in [4.78, 5) is 3.12. The minimum absolute atomic E-state index is 0.306. The Hall–Kier alpha value is -0.340. The van der Waals surface area contributed by atoms with Crippen LogP contribution in [0.1, 0.15) is 69.1 Å². The monoisotopic (exact) mass is 293 g/mol. The molecule has 1 aromatic rings. The molecule has 0 atom stereocenters. The third kappa shape index (κ3) is 4.08. The molecule has 20 heavy (non-hydrogen) atoms. The molecule has 1 N–H and O–H groups in total. The minimum atomic E-state index is 0.306. The number of hydrogen-bond donors (Lipinski definition) is 1. The van der Waals surface area contributed by atoms with Crippen LogP contribution in [0.25, 0.3) is 0 Å². The van der Waals surface area contributed by atoms with Crippen LogP contribution >= 0.6 is 11.3 Å². The van der Waals surface area contributed by atoms with Gasteiger partial charge in [-0.05, 0) is 68.7 Å². The van der Waals surface area contributed by atoms with Gasteiger partial charge in [0.05, 0.1) is 0 Å². The van der Waals surface area contributed by atoms with E-state index in [1.807, 2.05) is 11.3 Å². The first-order valence-electron chi connectivity index (χ1n) is 8.19. The van der Waals surface area contributed by atoms with E-state index < -0.39 is 0 Å². The molecule has 1 aliphatic rings. The summed E-state index contributed by atoms with van der Waals surface area (Å²) in [5.41, 5.74) is 0.939. The number of rotatable bonds is 6. The van der Waals surface area contributed by atoms with Crippen molar-refractivity contribution in [2.24, 2.45) is 5.41 Å². The number of hydrogen-bond acceptors (Lipinski definition) is 2. The second kappa shape index (κ2) is 6.62. The second-order valence-electron chi connectivity index (χ2n) is 7.58. The van der Waals surface area contributed by atoms with Crippen LogP contribution in [0.5, 0.6) is 0 Å². The van der Waals surface area contributed by atoms with E-state index in [9.17, 15) is 0 Å². The van der Waals surface area contributed by atoms with Gasteiger partial charge in [-0.1, -0.05) is 33.6 Å². The van der Waals surface area contributed by atoms with Crippen molar-refractivity contribution in [2.75, 3.05) is 13.6 Å². The van der Waals surface area contributed by atoms with Gasteiger partial charge in [-0.25, -0.2) is 0 Å². The van der Waals surface area contributed by atoms with E-state index in [4.69, 9.17) is 0 Å². The van der Waals surface area contributed by atoms with Crippen LogP contribution in [-0.4, -0.2) is 13.6 Å². The van der Waals surface area contributed by atoms with Crippen LogP contribution in [0.3, 0.4) is 0 Å². The number of thiophene rings is 1. The van der Waals surface area contributed by atoms with Gasteiger partial charge in [-0.15, -0.1) is 11.3 Å². The molecule has 0 bridgehead atoms. The third-order valence-electron chi connectivity index (χ3n) is 4.87. The fraction of sp³-hybridized carbons (Fsp3) is 0.778. The molecule has 0 spiro atoms. The summed E-state index contributed by atoms with van der Waals surface area (Å²) < 4.78 is 0. The Labute approximate surface area is 129 Å². The average Bonchev–Trinajstić information content (AvgIpc) is 3.03. The molecular formula is C18H31NS. The van der Waals surface area contributed by atoms with Crippen molar-refractivity contribution in [3.8, 4) is 0 Å². The standard InChI is InChI=1S/C18H31NS/c1-17(2,3)16-8-7-15(20-16)9-12-18(13-14-19-4)10-5-6-11-18/h7-8,19H,5-6,9-14H2,1-4H3. The molecule has 0 amide bonds. The van der Waals surface area contributed by atoms with Crippen molar-refractivity contribution in [3.63, 3.8) is 0 Å². The molecule has 0 radical (unpaired) electrons. The lowest BCUT2D eigenvalue weighted by Gasteiger charge is -2.29. The van der Waals surface area contributed by atoms with Gasteiger partial charge in [0, 0.05) is 9.75 Å². The zero-order valence-corrected chi connectivity index (χ0v) is 14.5. The van der Waals surface area contributed by atoms with Gasteiger partial charge in [0.1, 0.15) is 0 Å². The zero-order chi connectivity index (χ0) is 14.6. The molecular weight excluding hydrogens is 262 g/mol. The van der Waals surface area contributed by atoms with Crippen LogP contribution in [0.15, 0.2) is 12.1 Å². The molecule has 114 valence electrons. The first-order chi connectivity index (χ1) is 9.45. The maximum Gasteiger partial charge on any atom is 0.0102 e. The van der Waals surface area contributed by atoms with Gasteiger partial charge in [0.2, 0.25) is 0 Å². The topological polar surface area (TPSA) is 12.0 Å². The molecule has 1 fully saturated rings. The van der Waals surface area contributed by atoms with Crippen molar-refractivity contribution < 1.29 is 0 Å². The van der Waals surface area contributed by atoms with Crippen LogP contribution in [0, 0.1) is 5.41 Å². The van der Waals surface area contributed by atoms with Crippen molar-refractivity contribution in [3.05, 3.63) is 21.9 Å². The molecule has 1 aromatic heterocycles. The maximum absolute atomic E-state index is 3.34. The number of aryl methyl sites for hydroxylation is 1. The van der Waals surface area contributed by atoms with Crippen molar-refractivity contribution in [2.45, 2.75) is 71.1 Å². The highest BCUT2D eigenvalue weighted by Crippen LogP contribution is 2.45. The molecule has 0 aliphatic heterocycles. The molecule has 1 aliphatic carbocycles. The molecule has 1 saturated carbocycles. The van der Waals surface area contributed by atoms with E-state index in [0.717, 1.165) is 0 Å². The smallest absolute Gasteiger partial charge is 0.0102 e. The summed E-state index contributed by atoms with van der Waals surface area (Å²) in [6, 6.07) is 4.71. The maximum atomic E-state index is 3.34. The Morgan fingerprint density at radius 1 is 1.15 bits per heavy atom. The van der Waals surface area contributed by atoms with Crippen molar-refractivity contribution >= 4 is 11.3 Å². The second-order valence-corrected chi connectivity index (χ2v) is 8.74. The van der Waals surface area contributed by atoms with Gasteiger partial charge in [-0.2, -0.15) is 0 Å². The minimum Gasteiger partial charge on any atom is -0.320 e. The Kier molecular flexibility index (Phi) is 5.30. The van der Waals surface area contributed by atoms with Gasteiger partial charge in [0.15, 0.2) is 0 Å². The Morgan fingerprint density at radius 3 is 2.40 bits per heavy atom. The predicted octanol–water partition coefficient (Wildman–Crippen LogP) is 5.15. The SMILES string of the molecule is CNCCC1(CCc2ccc(C(C)(C)C)s2)CCCC1. The van der Waals surface area contributed by atoms with E-state index in [1.54, 1.807) is 4.88 Å². The molecule has 0 unspecified atom stereocenters. The fourth-order valence-corrected chi connectivity index (χ4v) is 4.51. The lowest BCUT2D eigenvalue weighted by atomic mass is 9.78. The quantitative estimate of drug-likeness (QED) is 0.765.